The van der Waals surface area contributed by atoms with Gasteiger partial charge in [0.15, 0.2) is 0 Å². The molecule has 0 atom stereocenters. The first-order valence-corrected chi connectivity index (χ1v) is 11.0. The third kappa shape index (κ3) is 4.31. The third-order valence-electron chi connectivity index (χ3n) is 5.34. The maximum absolute atomic E-state index is 12.6. The molecule has 3 aromatic rings. The van der Waals surface area contributed by atoms with E-state index in [1.54, 1.807) is 0 Å². The van der Waals surface area contributed by atoms with Crippen LogP contribution in [0.3, 0.4) is 0 Å². The molecule has 2 aromatic carbocycles. The quantitative estimate of drug-likeness (QED) is 0.615. The number of nitrogens with zero attached hydrogens (tertiary/aromatic N) is 1. The van der Waals surface area contributed by atoms with Gasteiger partial charge in [-0.25, -0.2) is 4.79 Å². The highest BCUT2D eigenvalue weighted by molar-refractivity contribution is 7.16. The Morgan fingerprint density at radius 2 is 1.93 bits per heavy atom. The second kappa shape index (κ2) is 7.81. The summed E-state index contributed by atoms with van der Waals surface area (Å²) in [4.78, 5) is 16.3. The zero-order valence-electron chi connectivity index (χ0n) is 17.3. The summed E-state index contributed by atoms with van der Waals surface area (Å²) in [6.07, 6.45) is 1.85. The van der Waals surface area contributed by atoms with Crippen LogP contribution in [0.25, 0.3) is 10.8 Å². The zero-order valence-corrected chi connectivity index (χ0v) is 18.1. The average molecular weight is 409 g/mol. The monoisotopic (exact) mass is 408 g/mol. The first kappa shape index (κ1) is 19.9. The lowest BCUT2D eigenvalue weighted by molar-refractivity contribution is 0.00696. The number of esters is 1. The summed E-state index contributed by atoms with van der Waals surface area (Å²) in [5, 5.41) is 3.21. The number of ether oxygens (including phenoxy) is 1. The van der Waals surface area contributed by atoms with Crippen molar-refractivity contribution in [3.63, 3.8) is 0 Å². The lowest BCUT2D eigenvalue weighted by Gasteiger charge is -2.27. The molecule has 4 rings (SSSR count). The Hall–Kier alpha value is -2.37. The summed E-state index contributed by atoms with van der Waals surface area (Å²) in [7, 11) is 0. The standard InChI is InChI=1S/C24H28N2O2S/c1-24(2,3)28-23(27)21-19-12-14-26(15-20(19)29-22(21)25)13-11-17-9-6-8-16-7-4-5-10-18(16)17/h4-10H,11-15,25H2,1-3H3. The maximum Gasteiger partial charge on any atom is 0.341 e. The molecule has 0 radical (unpaired) electrons. The number of carbonyl (C=O) groups is 1. The van der Waals surface area contributed by atoms with Gasteiger partial charge < -0.3 is 10.5 Å². The van der Waals surface area contributed by atoms with E-state index in [1.165, 1.54) is 32.5 Å². The SMILES string of the molecule is CC(C)(C)OC(=O)c1c(N)sc2c1CCN(CCc1cccc3ccccc13)C2. The smallest absolute Gasteiger partial charge is 0.341 e. The van der Waals surface area contributed by atoms with Crippen LogP contribution in [0.5, 0.6) is 0 Å². The van der Waals surface area contributed by atoms with Crippen LogP contribution in [0.4, 0.5) is 5.00 Å². The molecule has 152 valence electrons. The molecule has 0 amide bonds. The largest absolute Gasteiger partial charge is 0.456 e. The van der Waals surface area contributed by atoms with Gasteiger partial charge >= 0.3 is 5.97 Å². The number of hydrogen-bond acceptors (Lipinski definition) is 5. The normalized spacial score (nSPS) is 14.7. The highest BCUT2D eigenvalue weighted by Crippen LogP contribution is 2.36. The van der Waals surface area contributed by atoms with E-state index in [4.69, 9.17) is 10.5 Å². The number of benzene rings is 2. The van der Waals surface area contributed by atoms with Gasteiger partial charge in [-0.2, -0.15) is 0 Å². The first-order valence-electron chi connectivity index (χ1n) is 10.1. The minimum Gasteiger partial charge on any atom is -0.456 e. The molecule has 0 saturated carbocycles. The van der Waals surface area contributed by atoms with E-state index in [2.05, 4.69) is 47.4 Å². The number of thiophene rings is 1. The molecule has 1 aliphatic heterocycles. The second-order valence-corrected chi connectivity index (χ2v) is 9.80. The number of hydrogen-bond donors (Lipinski definition) is 1. The van der Waals surface area contributed by atoms with Crippen LogP contribution in [0.2, 0.25) is 0 Å². The van der Waals surface area contributed by atoms with Crippen molar-refractivity contribution in [2.24, 2.45) is 0 Å². The van der Waals surface area contributed by atoms with Crippen LogP contribution in [-0.2, 0) is 24.1 Å². The Bertz CT molecular complexity index is 1040. The Morgan fingerprint density at radius 1 is 1.17 bits per heavy atom. The molecule has 2 N–H and O–H groups in total. The fourth-order valence-electron chi connectivity index (χ4n) is 4.01. The van der Waals surface area contributed by atoms with Gasteiger partial charge in [0, 0.05) is 24.5 Å². The minimum atomic E-state index is -0.516. The van der Waals surface area contributed by atoms with Crippen LogP contribution in [0.1, 0.15) is 47.1 Å². The Morgan fingerprint density at radius 3 is 2.72 bits per heavy atom. The van der Waals surface area contributed by atoms with Crippen LogP contribution in [0, 0.1) is 0 Å². The van der Waals surface area contributed by atoms with Gasteiger partial charge in [-0.15, -0.1) is 11.3 Å². The highest BCUT2D eigenvalue weighted by Gasteiger charge is 2.29. The number of nitrogen functional groups attached to an aromatic ring is 1. The van der Waals surface area contributed by atoms with Crippen molar-refractivity contribution < 1.29 is 9.53 Å². The predicted octanol–water partition coefficient (Wildman–Crippen LogP) is 5.04. The molecule has 0 spiro atoms. The van der Waals surface area contributed by atoms with Gasteiger partial charge in [-0.3, -0.25) is 4.90 Å². The molecular formula is C24H28N2O2S. The Labute approximate surface area is 176 Å². The van der Waals surface area contributed by atoms with Gasteiger partial charge in [0.25, 0.3) is 0 Å². The summed E-state index contributed by atoms with van der Waals surface area (Å²) in [6, 6.07) is 15.1. The molecule has 1 aromatic heterocycles. The van der Waals surface area contributed by atoms with Crippen molar-refractivity contribution >= 4 is 33.1 Å². The molecule has 0 bridgehead atoms. The summed E-state index contributed by atoms with van der Waals surface area (Å²) < 4.78 is 5.58. The van der Waals surface area contributed by atoms with Crippen LogP contribution in [-0.4, -0.2) is 29.6 Å². The third-order valence-corrected chi connectivity index (χ3v) is 6.39. The topological polar surface area (TPSA) is 55.6 Å². The number of nitrogens with two attached hydrogens (primary N) is 1. The van der Waals surface area contributed by atoms with Crippen molar-refractivity contribution in [1.82, 2.24) is 4.90 Å². The van der Waals surface area contributed by atoms with Crippen molar-refractivity contribution in [3.8, 4) is 0 Å². The van der Waals surface area contributed by atoms with Crippen LogP contribution >= 0.6 is 11.3 Å². The number of carbonyl (C=O) groups excluding carboxylic acids is 1. The molecule has 0 saturated heterocycles. The highest BCUT2D eigenvalue weighted by atomic mass is 32.1. The van der Waals surface area contributed by atoms with Gasteiger partial charge in [-0.1, -0.05) is 42.5 Å². The maximum atomic E-state index is 12.6. The van der Waals surface area contributed by atoms with Gasteiger partial charge in [0.1, 0.15) is 10.6 Å². The molecule has 0 aliphatic carbocycles. The van der Waals surface area contributed by atoms with Crippen LogP contribution in [0.15, 0.2) is 42.5 Å². The fourth-order valence-corrected chi connectivity index (χ4v) is 5.16. The lowest BCUT2D eigenvalue weighted by atomic mass is 10.00. The second-order valence-electron chi connectivity index (χ2n) is 8.66. The molecule has 0 fully saturated rings. The molecular weight excluding hydrogens is 380 g/mol. The van der Waals surface area contributed by atoms with Crippen LogP contribution < -0.4 is 5.73 Å². The summed E-state index contributed by atoms with van der Waals surface area (Å²) in [5.74, 6) is -0.295. The molecule has 0 unspecified atom stereocenters. The summed E-state index contributed by atoms with van der Waals surface area (Å²) in [5.41, 5.74) is 8.76. The fraction of sp³-hybridized carbons (Fsp3) is 0.375. The lowest BCUT2D eigenvalue weighted by Crippen LogP contribution is -2.32. The summed E-state index contributed by atoms with van der Waals surface area (Å²) >= 11 is 1.53. The molecule has 5 heteroatoms. The summed E-state index contributed by atoms with van der Waals surface area (Å²) in [6.45, 7) is 8.42. The number of rotatable bonds is 4. The zero-order chi connectivity index (χ0) is 20.6. The van der Waals surface area contributed by atoms with E-state index < -0.39 is 5.60 Å². The Balaban J connectivity index is 1.47. The molecule has 4 nitrogen and oxygen atoms in total. The van der Waals surface area contributed by atoms with E-state index >= 15 is 0 Å². The van der Waals surface area contributed by atoms with E-state index in [0.29, 0.717) is 10.6 Å². The van der Waals surface area contributed by atoms with Gasteiger partial charge in [0.05, 0.1) is 5.56 Å². The van der Waals surface area contributed by atoms with Gasteiger partial charge in [0.2, 0.25) is 0 Å². The van der Waals surface area contributed by atoms with Crippen molar-refractivity contribution in [3.05, 3.63) is 64.0 Å². The van der Waals surface area contributed by atoms with E-state index in [9.17, 15) is 4.79 Å². The van der Waals surface area contributed by atoms with Crippen molar-refractivity contribution in [1.29, 1.82) is 0 Å². The first-order chi connectivity index (χ1) is 13.8. The number of fused-ring (bicyclic) bond motifs is 2. The molecule has 29 heavy (non-hydrogen) atoms. The molecule has 1 aliphatic rings. The van der Waals surface area contributed by atoms with E-state index in [0.717, 1.165) is 38.0 Å². The average Bonchev–Trinajstić information content (AvgIpc) is 3.00. The molecule has 2 heterocycles. The Kier molecular flexibility index (Phi) is 5.36. The minimum absolute atomic E-state index is 0.295. The van der Waals surface area contributed by atoms with Crippen molar-refractivity contribution in [2.45, 2.75) is 45.8 Å². The predicted molar refractivity (Wildman–Crippen MR) is 121 cm³/mol. The van der Waals surface area contributed by atoms with E-state index in [1.807, 2.05) is 20.8 Å². The van der Waals surface area contributed by atoms with E-state index in [-0.39, 0.29) is 5.97 Å². The van der Waals surface area contributed by atoms with Crippen molar-refractivity contribution in [2.75, 3.05) is 18.8 Å². The number of anilines is 1. The van der Waals surface area contributed by atoms with Gasteiger partial charge in [-0.05, 0) is 55.5 Å².